The van der Waals surface area contributed by atoms with Crippen LogP contribution in [0.2, 0.25) is 0 Å². The Morgan fingerprint density at radius 2 is 2.50 bits per heavy atom. The van der Waals surface area contributed by atoms with Crippen LogP contribution in [0, 0.1) is 0 Å². The molecule has 0 saturated carbocycles. The van der Waals surface area contributed by atoms with Crippen LogP contribution in [0.4, 0.5) is 5.69 Å². The zero-order valence-corrected chi connectivity index (χ0v) is 6.95. The first-order valence-corrected chi connectivity index (χ1v) is 3.71. The minimum absolute atomic E-state index is 0.128. The van der Waals surface area contributed by atoms with Crippen LogP contribution in [0.5, 0.6) is 0 Å². The van der Waals surface area contributed by atoms with Gasteiger partial charge < -0.3 is 11.1 Å². The van der Waals surface area contributed by atoms with Gasteiger partial charge in [-0.1, -0.05) is 0 Å². The molecule has 0 bridgehead atoms. The highest BCUT2D eigenvalue weighted by molar-refractivity contribution is 5.38. The van der Waals surface area contributed by atoms with E-state index in [-0.39, 0.29) is 5.56 Å². The molecule has 12 heavy (non-hydrogen) atoms. The van der Waals surface area contributed by atoms with Crippen LogP contribution in [0.15, 0.2) is 17.1 Å². The maximum Gasteiger partial charge on any atom is 0.268 e. The molecule has 1 rings (SSSR count). The lowest BCUT2D eigenvalue weighted by Crippen LogP contribution is -2.20. The normalized spacial score (nSPS) is 9.83. The highest BCUT2D eigenvalue weighted by Crippen LogP contribution is 1.96. The van der Waals surface area contributed by atoms with Crippen molar-refractivity contribution in [1.29, 1.82) is 0 Å². The molecule has 0 aliphatic carbocycles. The Kier molecular flexibility index (Phi) is 2.82. The molecule has 0 unspecified atom stereocenters. The number of aryl methyl sites for hydroxylation is 1. The zero-order valence-electron chi connectivity index (χ0n) is 6.95. The van der Waals surface area contributed by atoms with Crippen molar-refractivity contribution < 1.29 is 0 Å². The zero-order chi connectivity index (χ0) is 8.97. The molecule has 0 amide bonds. The lowest BCUT2D eigenvalue weighted by Gasteiger charge is -2.03. The molecule has 0 radical (unpaired) electrons. The molecule has 0 spiro atoms. The summed E-state index contributed by atoms with van der Waals surface area (Å²) in [5, 5.41) is 6.79. The van der Waals surface area contributed by atoms with Gasteiger partial charge in [0.25, 0.3) is 5.56 Å². The molecular formula is C7H12N4O. The summed E-state index contributed by atoms with van der Waals surface area (Å²) in [6.07, 6.45) is 1.59. The van der Waals surface area contributed by atoms with E-state index >= 15 is 0 Å². The Bertz CT molecular complexity index is 307. The molecule has 0 atom stereocenters. The van der Waals surface area contributed by atoms with Crippen molar-refractivity contribution in [2.75, 3.05) is 18.4 Å². The van der Waals surface area contributed by atoms with Crippen LogP contribution in [-0.4, -0.2) is 22.9 Å². The Labute approximate surface area is 70.2 Å². The second-order valence-corrected chi connectivity index (χ2v) is 2.42. The fraction of sp³-hybridized carbons (Fsp3) is 0.429. The quantitative estimate of drug-likeness (QED) is 0.616. The molecule has 0 fully saturated rings. The van der Waals surface area contributed by atoms with E-state index in [0.29, 0.717) is 18.8 Å². The highest BCUT2D eigenvalue weighted by Gasteiger charge is 1.93. The molecule has 5 nitrogen and oxygen atoms in total. The second-order valence-electron chi connectivity index (χ2n) is 2.42. The minimum Gasteiger partial charge on any atom is -0.382 e. The van der Waals surface area contributed by atoms with Gasteiger partial charge in [0.2, 0.25) is 0 Å². The smallest absolute Gasteiger partial charge is 0.268 e. The number of nitrogens with two attached hydrogens (primary N) is 1. The van der Waals surface area contributed by atoms with Crippen LogP contribution >= 0.6 is 0 Å². The highest BCUT2D eigenvalue weighted by atomic mass is 16.1. The van der Waals surface area contributed by atoms with E-state index in [1.54, 1.807) is 13.2 Å². The van der Waals surface area contributed by atoms with Gasteiger partial charge >= 0.3 is 0 Å². The molecule has 0 aromatic carbocycles. The lowest BCUT2D eigenvalue weighted by atomic mass is 10.4. The average molecular weight is 168 g/mol. The number of aromatic nitrogens is 2. The van der Waals surface area contributed by atoms with Gasteiger partial charge in [0.05, 0.1) is 11.9 Å². The Morgan fingerprint density at radius 1 is 1.75 bits per heavy atom. The minimum atomic E-state index is -0.128. The third-order valence-electron chi connectivity index (χ3n) is 1.44. The number of anilines is 1. The van der Waals surface area contributed by atoms with Gasteiger partial charge in [0.15, 0.2) is 0 Å². The summed E-state index contributed by atoms with van der Waals surface area (Å²) in [6, 6.07) is 1.49. The number of hydrogen-bond acceptors (Lipinski definition) is 4. The second kappa shape index (κ2) is 3.87. The van der Waals surface area contributed by atoms with Crippen molar-refractivity contribution >= 4 is 5.69 Å². The predicted octanol–water partition coefficient (Wildman–Crippen LogP) is -0.849. The SMILES string of the molecule is Cn1ncc(NCCN)cc1=O. The van der Waals surface area contributed by atoms with Gasteiger partial charge in [0.1, 0.15) is 0 Å². The molecule has 1 aromatic rings. The van der Waals surface area contributed by atoms with Gasteiger partial charge in [-0.3, -0.25) is 4.79 Å². The largest absolute Gasteiger partial charge is 0.382 e. The summed E-state index contributed by atoms with van der Waals surface area (Å²) in [6.45, 7) is 1.18. The maximum atomic E-state index is 11.0. The Hall–Kier alpha value is -1.36. The van der Waals surface area contributed by atoms with Crippen molar-refractivity contribution in [3.8, 4) is 0 Å². The molecule has 3 N–H and O–H groups in total. The monoisotopic (exact) mass is 168 g/mol. The van der Waals surface area contributed by atoms with E-state index in [2.05, 4.69) is 10.4 Å². The summed E-state index contributed by atoms with van der Waals surface area (Å²) in [4.78, 5) is 11.0. The molecule has 0 aliphatic heterocycles. The third-order valence-corrected chi connectivity index (χ3v) is 1.44. The van der Waals surface area contributed by atoms with Crippen molar-refractivity contribution in [3.05, 3.63) is 22.6 Å². The predicted molar refractivity (Wildman–Crippen MR) is 47.0 cm³/mol. The van der Waals surface area contributed by atoms with Gasteiger partial charge in [-0.15, -0.1) is 0 Å². The molecule has 1 heterocycles. The fourth-order valence-corrected chi connectivity index (χ4v) is 0.783. The summed E-state index contributed by atoms with van der Waals surface area (Å²) in [5.74, 6) is 0. The Balaban J connectivity index is 2.76. The van der Waals surface area contributed by atoms with E-state index < -0.39 is 0 Å². The number of nitrogens with one attached hydrogen (secondary N) is 1. The van der Waals surface area contributed by atoms with Gasteiger partial charge in [0, 0.05) is 26.2 Å². The fourth-order valence-electron chi connectivity index (χ4n) is 0.783. The molecule has 1 aromatic heterocycles. The molecule has 5 heteroatoms. The first-order chi connectivity index (χ1) is 5.74. The Morgan fingerprint density at radius 3 is 3.08 bits per heavy atom. The van der Waals surface area contributed by atoms with Crippen LogP contribution in [0.25, 0.3) is 0 Å². The van der Waals surface area contributed by atoms with E-state index in [4.69, 9.17) is 5.73 Å². The van der Waals surface area contributed by atoms with E-state index in [0.717, 1.165) is 0 Å². The van der Waals surface area contributed by atoms with Crippen LogP contribution < -0.4 is 16.6 Å². The number of nitrogens with zero attached hydrogens (tertiary/aromatic N) is 2. The lowest BCUT2D eigenvalue weighted by molar-refractivity contribution is 0.708. The summed E-state index contributed by atoms with van der Waals surface area (Å²) < 4.78 is 1.27. The molecule has 66 valence electrons. The standard InChI is InChI=1S/C7H12N4O/c1-11-7(12)4-6(5-10-11)9-3-2-8/h4-5,9H,2-3,8H2,1H3. The van der Waals surface area contributed by atoms with Crippen LogP contribution in [0.3, 0.4) is 0 Å². The topological polar surface area (TPSA) is 72.9 Å². The van der Waals surface area contributed by atoms with Crippen molar-refractivity contribution in [2.24, 2.45) is 12.8 Å². The third kappa shape index (κ3) is 2.06. The van der Waals surface area contributed by atoms with E-state index in [1.165, 1.54) is 10.7 Å². The maximum absolute atomic E-state index is 11.0. The van der Waals surface area contributed by atoms with Crippen molar-refractivity contribution in [2.45, 2.75) is 0 Å². The van der Waals surface area contributed by atoms with Crippen molar-refractivity contribution in [3.63, 3.8) is 0 Å². The van der Waals surface area contributed by atoms with E-state index in [9.17, 15) is 4.79 Å². The van der Waals surface area contributed by atoms with Crippen LogP contribution in [-0.2, 0) is 7.05 Å². The van der Waals surface area contributed by atoms with Crippen LogP contribution in [0.1, 0.15) is 0 Å². The van der Waals surface area contributed by atoms with Gasteiger partial charge in [-0.05, 0) is 0 Å². The first-order valence-electron chi connectivity index (χ1n) is 3.71. The van der Waals surface area contributed by atoms with E-state index in [1.807, 2.05) is 0 Å². The molecule has 0 saturated heterocycles. The number of hydrogen-bond donors (Lipinski definition) is 2. The first kappa shape index (κ1) is 8.73. The van der Waals surface area contributed by atoms with Gasteiger partial charge in [-0.25, -0.2) is 4.68 Å². The van der Waals surface area contributed by atoms with Crippen molar-refractivity contribution in [1.82, 2.24) is 9.78 Å². The summed E-state index contributed by atoms with van der Waals surface area (Å²) >= 11 is 0. The molecular weight excluding hydrogens is 156 g/mol. The van der Waals surface area contributed by atoms with Gasteiger partial charge in [-0.2, -0.15) is 5.10 Å². The number of rotatable bonds is 3. The summed E-state index contributed by atoms with van der Waals surface area (Å²) in [5.41, 5.74) is 5.86. The summed E-state index contributed by atoms with van der Waals surface area (Å²) in [7, 11) is 1.61. The average Bonchev–Trinajstić information content (AvgIpc) is 2.07. The molecule has 0 aliphatic rings.